The molecule has 0 heterocycles. The van der Waals surface area contributed by atoms with Crippen LogP contribution in [-0.4, -0.2) is 5.78 Å². The van der Waals surface area contributed by atoms with E-state index in [1.807, 2.05) is 6.08 Å². The summed E-state index contributed by atoms with van der Waals surface area (Å²) in [7, 11) is 0. The molecule has 3 aliphatic rings. The van der Waals surface area contributed by atoms with Crippen molar-refractivity contribution in [2.24, 2.45) is 11.3 Å². The maximum absolute atomic E-state index is 12.1. The van der Waals surface area contributed by atoms with Crippen molar-refractivity contribution < 1.29 is 4.79 Å². The molecule has 0 unspecified atom stereocenters. The van der Waals surface area contributed by atoms with Gasteiger partial charge in [-0.15, -0.1) is 0 Å². The molecule has 2 saturated carbocycles. The van der Waals surface area contributed by atoms with E-state index in [1.165, 1.54) is 23.1 Å². The van der Waals surface area contributed by atoms with Crippen LogP contribution in [0.4, 0.5) is 0 Å². The summed E-state index contributed by atoms with van der Waals surface area (Å²) >= 11 is 0. The van der Waals surface area contributed by atoms with E-state index in [0.29, 0.717) is 24.0 Å². The predicted octanol–water partition coefficient (Wildman–Crippen LogP) is 5.04. The van der Waals surface area contributed by atoms with Crippen molar-refractivity contribution in [1.82, 2.24) is 0 Å². The molecular formula is C23H22O. The van der Waals surface area contributed by atoms with Crippen molar-refractivity contribution in [3.05, 3.63) is 83.4 Å². The first-order valence-corrected chi connectivity index (χ1v) is 9.01. The third-order valence-corrected chi connectivity index (χ3v) is 6.76. The van der Waals surface area contributed by atoms with Gasteiger partial charge in [0.2, 0.25) is 0 Å². The average Bonchev–Trinajstić information content (AvgIpc) is 3.19. The van der Waals surface area contributed by atoms with Crippen LogP contribution in [0.25, 0.3) is 0 Å². The van der Waals surface area contributed by atoms with Crippen LogP contribution in [0.1, 0.15) is 43.2 Å². The highest BCUT2D eigenvalue weighted by Crippen LogP contribution is 2.80. The summed E-state index contributed by atoms with van der Waals surface area (Å²) in [6.45, 7) is 2.38. The third-order valence-electron chi connectivity index (χ3n) is 6.76. The zero-order chi connectivity index (χ0) is 16.4. The lowest BCUT2D eigenvalue weighted by Crippen LogP contribution is -2.26. The number of carbonyl (C=O) groups excluding carboxylic acids is 1. The molecule has 120 valence electrons. The highest BCUT2D eigenvalue weighted by Gasteiger charge is 2.74. The van der Waals surface area contributed by atoms with Crippen molar-refractivity contribution >= 4 is 5.78 Å². The quantitative estimate of drug-likeness (QED) is 0.759. The van der Waals surface area contributed by atoms with Crippen molar-refractivity contribution in [1.29, 1.82) is 0 Å². The first kappa shape index (κ1) is 14.2. The summed E-state index contributed by atoms with van der Waals surface area (Å²) in [5.74, 6) is 1.34. The number of allylic oxidation sites excluding steroid dienone is 2. The van der Waals surface area contributed by atoms with Crippen LogP contribution in [0.15, 0.2) is 72.3 Å². The van der Waals surface area contributed by atoms with E-state index in [2.05, 4.69) is 67.6 Å². The van der Waals surface area contributed by atoms with Gasteiger partial charge in [-0.2, -0.15) is 0 Å². The average molecular weight is 314 g/mol. The normalized spacial score (nSPS) is 36.7. The Morgan fingerprint density at radius 1 is 0.917 bits per heavy atom. The minimum absolute atomic E-state index is 0.188. The summed E-state index contributed by atoms with van der Waals surface area (Å²) in [6, 6.07) is 21.9. The molecule has 0 amide bonds. The van der Waals surface area contributed by atoms with Gasteiger partial charge in [0.05, 0.1) is 0 Å². The molecule has 0 aliphatic heterocycles. The number of ketones is 1. The van der Waals surface area contributed by atoms with Crippen LogP contribution in [0.2, 0.25) is 0 Å². The lowest BCUT2D eigenvalue weighted by Gasteiger charge is -2.34. The number of hydrogen-bond donors (Lipinski definition) is 0. The molecule has 24 heavy (non-hydrogen) atoms. The second kappa shape index (κ2) is 4.69. The van der Waals surface area contributed by atoms with E-state index in [1.54, 1.807) is 0 Å². The van der Waals surface area contributed by atoms with Crippen LogP contribution in [0.5, 0.6) is 0 Å². The number of rotatable bonds is 2. The molecule has 0 N–H and O–H groups in total. The van der Waals surface area contributed by atoms with E-state index in [-0.39, 0.29) is 10.8 Å². The Labute approximate surface area is 143 Å². The van der Waals surface area contributed by atoms with Crippen molar-refractivity contribution in [2.75, 3.05) is 0 Å². The van der Waals surface area contributed by atoms with E-state index in [4.69, 9.17) is 0 Å². The minimum atomic E-state index is 0.188. The van der Waals surface area contributed by atoms with Gasteiger partial charge in [-0.1, -0.05) is 73.2 Å². The first-order chi connectivity index (χ1) is 11.7. The third kappa shape index (κ3) is 1.73. The summed E-state index contributed by atoms with van der Waals surface area (Å²) in [5.41, 5.74) is 4.70. The summed E-state index contributed by atoms with van der Waals surface area (Å²) in [6.07, 6.45) is 4.91. The zero-order valence-corrected chi connectivity index (χ0v) is 14.0. The molecule has 2 fully saturated rings. The van der Waals surface area contributed by atoms with Gasteiger partial charge in [-0.3, -0.25) is 4.79 Å². The Hall–Kier alpha value is -2.15. The van der Waals surface area contributed by atoms with Crippen molar-refractivity contribution in [2.45, 2.75) is 37.5 Å². The number of fused-ring (bicyclic) bond motifs is 3. The zero-order valence-electron chi connectivity index (χ0n) is 14.0. The van der Waals surface area contributed by atoms with Gasteiger partial charge >= 0.3 is 0 Å². The summed E-state index contributed by atoms with van der Waals surface area (Å²) in [5, 5.41) is 0. The lowest BCUT2D eigenvalue weighted by atomic mass is 9.69. The fraction of sp³-hybridized carbons (Fsp3) is 0.348. The van der Waals surface area contributed by atoms with Gasteiger partial charge in [0.1, 0.15) is 0 Å². The fourth-order valence-corrected chi connectivity index (χ4v) is 5.74. The molecule has 2 aromatic rings. The molecule has 2 aromatic carbocycles. The molecule has 0 saturated heterocycles. The van der Waals surface area contributed by atoms with E-state index in [0.717, 1.165) is 6.42 Å². The number of carbonyl (C=O) groups is 1. The predicted molar refractivity (Wildman–Crippen MR) is 95.8 cm³/mol. The van der Waals surface area contributed by atoms with Gasteiger partial charge < -0.3 is 0 Å². The first-order valence-electron chi connectivity index (χ1n) is 9.01. The standard InChI is InChI=1S/C23H22O/c1-22-13-12-18(24)14-19(22)21-20(16-8-4-2-5-9-16)23(21,15-22)17-10-6-3-7-11-17/h2-11,14,20-21H,12-13,15H2,1H3/t20-,21-,22-,23-/m1/s1. The monoisotopic (exact) mass is 314 g/mol. The SMILES string of the molecule is C[C@]12CCC(=O)C=C1[C@@H]1[C@@H](c3ccccc3)[C@]1(c1ccccc1)C2. The maximum atomic E-state index is 12.1. The minimum Gasteiger partial charge on any atom is -0.295 e. The molecule has 0 bridgehead atoms. The van der Waals surface area contributed by atoms with Crippen LogP contribution in [0.3, 0.4) is 0 Å². The van der Waals surface area contributed by atoms with Gasteiger partial charge in [0.15, 0.2) is 5.78 Å². The largest absolute Gasteiger partial charge is 0.295 e. The van der Waals surface area contributed by atoms with Crippen LogP contribution >= 0.6 is 0 Å². The maximum Gasteiger partial charge on any atom is 0.155 e. The molecule has 0 radical (unpaired) electrons. The Morgan fingerprint density at radius 2 is 1.58 bits per heavy atom. The molecule has 3 aliphatic carbocycles. The fourth-order valence-electron chi connectivity index (χ4n) is 5.74. The Morgan fingerprint density at radius 3 is 2.29 bits per heavy atom. The van der Waals surface area contributed by atoms with Gasteiger partial charge in [0, 0.05) is 17.8 Å². The van der Waals surface area contributed by atoms with Crippen LogP contribution < -0.4 is 0 Å². The highest BCUT2D eigenvalue weighted by atomic mass is 16.1. The van der Waals surface area contributed by atoms with Crippen molar-refractivity contribution in [3.8, 4) is 0 Å². The van der Waals surface area contributed by atoms with Gasteiger partial charge in [-0.25, -0.2) is 0 Å². The topological polar surface area (TPSA) is 17.1 Å². The Bertz CT molecular complexity index is 835. The van der Waals surface area contributed by atoms with Gasteiger partial charge in [-0.05, 0) is 41.4 Å². The van der Waals surface area contributed by atoms with E-state index >= 15 is 0 Å². The molecule has 5 rings (SSSR count). The molecular weight excluding hydrogens is 292 g/mol. The second-order valence-electron chi connectivity index (χ2n) is 8.08. The Kier molecular flexibility index (Phi) is 2.78. The smallest absolute Gasteiger partial charge is 0.155 e. The molecule has 0 spiro atoms. The summed E-state index contributed by atoms with van der Waals surface area (Å²) < 4.78 is 0. The molecule has 1 nitrogen and oxygen atoms in total. The van der Waals surface area contributed by atoms with E-state index < -0.39 is 0 Å². The van der Waals surface area contributed by atoms with E-state index in [9.17, 15) is 4.79 Å². The number of benzene rings is 2. The Balaban J connectivity index is 1.68. The molecule has 1 heteroatoms. The molecule has 4 atom stereocenters. The van der Waals surface area contributed by atoms with Crippen LogP contribution in [-0.2, 0) is 10.2 Å². The van der Waals surface area contributed by atoms with Crippen molar-refractivity contribution in [3.63, 3.8) is 0 Å². The second-order valence-corrected chi connectivity index (χ2v) is 8.08. The van der Waals surface area contributed by atoms with Gasteiger partial charge in [0.25, 0.3) is 0 Å². The highest BCUT2D eigenvalue weighted by molar-refractivity contribution is 5.92. The summed E-state index contributed by atoms with van der Waals surface area (Å²) in [4.78, 5) is 12.1. The lowest BCUT2D eigenvalue weighted by molar-refractivity contribution is -0.115. The van der Waals surface area contributed by atoms with Crippen LogP contribution in [0, 0.1) is 11.3 Å². The number of hydrogen-bond acceptors (Lipinski definition) is 1. The molecule has 0 aromatic heterocycles.